The van der Waals surface area contributed by atoms with Crippen LogP contribution in [0.4, 0.5) is 9.52 Å². The highest BCUT2D eigenvalue weighted by Gasteiger charge is 2.37. The lowest BCUT2D eigenvalue weighted by Crippen LogP contribution is -2.33. The Hall–Kier alpha value is -2.11. The van der Waals surface area contributed by atoms with Crippen LogP contribution in [0.2, 0.25) is 0 Å². The summed E-state index contributed by atoms with van der Waals surface area (Å²) >= 11 is 0.675. The molecule has 11 heteroatoms. The molecule has 0 aromatic carbocycles. The van der Waals surface area contributed by atoms with Crippen LogP contribution in [-0.4, -0.2) is 42.8 Å². The van der Waals surface area contributed by atoms with Gasteiger partial charge < -0.3 is 15.0 Å². The fraction of sp³-hybridized carbons (Fsp3) is 0.571. The minimum absolute atomic E-state index is 0.0413. The number of amides is 1. The summed E-state index contributed by atoms with van der Waals surface area (Å²) in [6.45, 7) is 1.10. The lowest BCUT2D eigenvalue weighted by Gasteiger charge is -2.27. The number of aromatic amines is 1. The highest BCUT2D eigenvalue weighted by Crippen LogP contribution is 2.36. The van der Waals surface area contributed by atoms with Crippen LogP contribution in [-0.2, 0) is 19.4 Å². The van der Waals surface area contributed by atoms with Gasteiger partial charge in [0.1, 0.15) is 0 Å². The Labute approximate surface area is 189 Å². The molecule has 174 valence electrons. The van der Waals surface area contributed by atoms with Gasteiger partial charge in [-0.05, 0) is 44.1 Å². The van der Waals surface area contributed by atoms with Crippen molar-refractivity contribution in [2.45, 2.75) is 61.0 Å². The quantitative estimate of drug-likeness (QED) is 0.624. The van der Waals surface area contributed by atoms with Gasteiger partial charge in [-0.2, -0.15) is 4.39 Å². The molecule has 3 heterocycles. The van der Waals surface area contributed by atoms with Gasteiger partial charge in [0.05, 0.1) is 22.3 Å². The second-order valence-electron chi connectivity index (χ2n) is 8.34. The van der Waals surface area contributed by atoms with Gasteiger partial charge in [-0.1, -0.05) is 24.2 Å². The Morgan fingerprint density at radius 1 is 1.28 bits per heavy atom. The molecule has 32 heavy (non-hydrogen) atoms. The highest BCUT2D eigenvalue weighted by molar-refractivity contribution is 7.92. The number of rotatable bonds is 7. The minimum atomic E-state index is -3.78. The predicted molar refractivity (Wildman–Crippen MR) is 118 cm³/mol. The molecule has 2 N–H and O–H groups in total. The van der Waals surface area contributed by atoms with Crippen molar-refractivity contribution in [3.63, 3.8) is 0 Å². The summed E-state index contributed by atoms with van der Waals surface area (Å²) in [4.78, 5) is 32.5. The van der Waals surface area contributed by atoms with Crippen molar-refractivity contribution in [2.75, 3.05) is 18.5 Å². The van der Waals surface area contributed by atoms with Crippen molar-refractivity contribution in [3.8, 4) is 0 Å². The van der Waals surface area contributed by atoms with Crippen molar-refractivity contribution >= 4 is 32.2 Å². The number of nitrogens with zero attached hydrogens (tertiary/aromatic N) is 1. The van der Waals surface area contributed by atoms with E-state index in [0.717, 1.165) is 19.0 Å². The molecule has 8 nitrogen and oxygen atoms in total. The second kappa shape index (κ2) is 9.80. The van der Waals surface area contributed by atoms with Crippen LogP contribution < -0.4 is 10.9 Å². The normalized spacial score (nSPS) is 19.2. The number of ether oxygens (including phenoxy) is 1. The summed E-state index contributed by atoms with van der Waals surface area (Å²) in [7, 11) is -3.78. The maximum absolute atomic E-state index is 13.4. The zero-order chi connectivity index (χ0) is 22.7. The molecule has 1 aliphatic heterocycles. The van der Waals surface area contributed by atoms with E-state index in [1.807, 2.05) is 0 Å². The number of H-pyrrole nitrogens is 1. The van der Waals surface area contributed by atoms with Crippen molar-refractivity contribution in [1.29, 1.82) is 0 Å². The zero-order valence-electron chi connectivity index (χ0n) is 17.5. The topological polar surface area (TPSA) is 118 Å². The molecule has 4 rings (SSSR count). The predicted octanol–water partition coefficient (Wildman–Crippen LogP) is 3.23. The number of nitrogens with one attached hydrogen (secondary N) is 2. The first-order chi connectivity index (χ1) is 15.4. The number of hydrogen-bond acceptors (Lipinski definition) is 7. The molecule has 0 bridgehead atoms. The lowest BCUT2D eigenvalue weighted by atomic mass is 9.85. The zero-order valence-corrected chi connectivity index (χ0v) is 19.1. The van der Waals surface area contributed by atoms with Crippen LogP contribution >= 0.6 is 11.3 Å². The molecule has 1 amide bonds. The largest absolute Gasteiger partial charge is 0.381 e. The Balaban J connectivity index is 1.74. The summed E-state index contributed by atoms with van der Waals surface area (Å²) < 4.78 is 45.6. The first kappa shape index (κ1) is 23.1. The van der Waals surface area contributed by atoms with Crippen LogP contribution in [0.1, 0.15) is 56.4 Å². The van der Waals surface area contributed by atoms with Gasteiger partial charge in [-0.3, -0.25) is 9.59 Å². The average molecular weight is 484 g/mol. The standard InChI is InChI=1S/C21H26FN3O5S2/c22-17-12-24-21(31-17)25-19(26)15(11-13-6-9-30-10-7-13)18-16(5-8-23-20(18)27)32(28,29)14-3-1-2-4-14/h5,8,12-15H,1-4,6-7,9-11H2,(H,23,27)(H,24,25,26)/t15-/m0/s1. The molecule has 2 aromatic heterocycles. The van der Waals surface area contributed by atoms with E-state index in [1.165, 1.54) is 12.3 Å². The molecule has 0 unspecified atom stereocenters. The molecule has 2 aliphatic rings. The van der Waals surface area contributed by atoms with Crippen molar-refractivity contribution in [2.24, 2.45) is 5.92 Å². The van der Waals surface area contributed by atoms with E-state index in [2.05, 4.69) is 15.3 Å². The number of halogens is 1. The maximum atomic E-state index is 13.4. The van der Waals surface area contributed by atoms with Gasteiger partial charge in [0.2, 0.25) is 5.91 Å². The third-order valence-corrected chi connectivity index (χ3v) is 9.31. The molecule has 2 fully saturated rings. The van der Waals surface area contributed by atoms with E-state index in [9.17, 15) is 22.4 Å². The summed E-state index contributed by atoms with van der Waals surface area (Å²) in [6.07, 6.45) is 6.77. The van der Waals surface area contributed by atoms with E-state index in [-0.39, 0.29) is 21.5 Å². The molecular formula is C21H26FN3O5S2. The smallest absolute Gasteiger partial charge is 0.253 e. The van der Waals surface area contributed by atoms with Gasteiger partial charge in [-0.25, -0.2) is 13.4 Å². The monoisotopic (exact) mass is 483 g/mol. The van der Waals surface area contributed by atoms with E-state index in [0.29, 0.717) is 56.7 Å². The number of carbonyl (C=O) groups is 1. The van der Waals surface area contributed by atoms with E-state index in [1.54, 1.807) is 0 Å². The molecular weight excluding hydrogens is 457 g/mol. The number of aromatic nitrogens is 2. The van der Waals surface area contributed by atoms with Crippen LogP contribution in [0.15, 0.2) is 28.2 Å². The molecule has 0 spiro atoms. The van der Waals surface area contributed by atoms with Gasteiger partial charge in [0.25, 0.3) is 5.56 Å². The summed E-state index contributed by atoms with van der Waals surface area (Å²) in [5.74, 6) is -1.49. The third-order valence-electron chi connectivity index (χ3n) is 6.29. The van der Waals surface area contributed by atoms with Crippen LogP contribution in [0, 0.1) is 11.0 Å². The van der Waals surface area contributed by atoms with Gasteiger partial charge in [-0.15, -0.1) is 0 Å². The van der Waals surface area contributed by atoms with Gasteiger partial charge in [0.15, 0.2) is 20.1 Å². The molecule has 1 saturated carbocycles. The first-order valence-corrected chi connectivity index (χ1v) is 13.2. The fourth-order valence-corrected chi connectivity index (χ4v) is 7.26. The maximum Gasteiger partial charge on any atom is 0.253 e. The number of pyridine rings is 1. The Bertz CT molecular complexity index is 1120. The molecule has 0 radical (unpaired) electrons. The fourth-order valence-electron chi connectivity index (χ4n) is 4.60. The Morgan fingerprint density at radius 2 is 2.00 bits per heavy atom. The lowest BCUT2D eigenvalue weighted by molar-refractivity contribution is -0.118. The van der Waals surface area contributed by atoms with Crippen molar-refractivity contribution in [3.05, 3.63) is 39.5 Å². The van der Waals surface area contributed by atoms with Crippen molar-refractivity contribution < 1.29 is 22.3 Å². The summed E-state index contributed by atoms with van der Waals surface area (Å²) in [5, 5.41) is 1.54. The van der Waals surface area contributed by atoms with Crippen molar-refractivity contribution in [1.82, 2.24) is 9.97 Å². The average Bonchev–Trinajstić information content (AvgIpc) is 3.45. The molecule has 1 saturated heterocycles. The number of hydrogen-bond donors (Lipinski definition) is 2. The van der Waals surface area contributed by atoms with E-state index in [4.69, 9.17) is 4.74 Å². The molecule has 2 aromatic rings. The Kier molecular flexibility index (Phi) is 7.06. The van der Waals surface area contributed by atoms with Crippen LogP contribution in [0.25, 0.3) is 0 Å². The SMILES string of the molecule is O=C(Nc1ncc(F)s1)[C@@H](CC1CCOCC1)c1c(S(=O)(=O)C2CCCC2)cc[nH]c1=O. The van der Waals surface area contributed by atoms with Gasteiger partial charge in [0, 0.05) is 25.0 Å². The Morgan fingerprint density at radius 3 is 2.66 bits per heavy atom. The molecule has 1 atom stereocenters. The van der Waals surface area contributed by atoms with Gasteiger partial charge >= 0.3 is 0 Å². The summed E-state index contributed by atoms with van der Waals surface area (Å²) in [6, 6.07) is 1.39. The van der Waals surface area contributed by atoms with E-state index < -0.39 is 37.6 Å². The number of thiazole rings is 1. The van der Waals surface area contributed by atoms with E-state index >= 15 is 0 Å². The minimum Gasteiger partial charge on any atom is -0.381 e. The number of carbonyl (C=O) groups excluding carboxylic acids is 1. The number of sulfone groups is 1. The second-order valence-corrected chi connectivity index (χ2v) is 11.5. The van der Waals surface area contributed by atoms with Crippen LogP contribution in [0.5, 0.6) is 0 Å². The number of anilines is 1. The van der Waals surface area contributed by atoms with Crippen LogP contribution in [0.3, 0.4) is 0 Å². The third kappa shape index (κ3) is 4.94. The first-order valence-electron chi connectivity index (χ1n) is 10.8. The molecule has 1 aliphatic carbocycles. The summed E-state index contributed by atoms with van der Waals surface area (Å²) in [5.41, 5.74) is -0.637. The highest BCUT2D eigenvalue weighted by atomic mass is 32.2.